The highest BCUT2D eigenvalue weighted by atomic mass is 16.3. The van der Waals surface area contributed by atoms with E-state index < -0.39 is 0 Å². The van der Waals surface area contributed by atoms with Gasteiger partial charge in [-0.25, -0.2) is 0 Å². The van der Waals surface area contributed by atoms with Gasteiger partial charge in [-0.05, 0) is 38.9 Å². The molecule has 1 aliphatic rings. The molecule has 0 amide bonds. The molecule has 16 heavy (non-hydrogen) atoms. The minimum absolute atomic E-state index is 0.757. The average Bonchev–Trinajstić information content (AvgIpc) is 2.89. The number of likely N-dealkylation sites (tertiary alicyclic amines) is 1. The van der Waals surface area contributed by atoms with E-state index in [0.717, 1.165) is 24.9 Å². The normalized spacial score (nSPS) is 21.8. The Kier molecular flexibility index (Phi) is 4.02. The van der Waals surface area contributed by atoms with Crippen LogP contribution in [-0.2, 0) is 13.1 Å². The third-order valence-electron chi connectivity index (χ3n) is 3.52. The highest BCUT2D eigenvalue weighted by molar-refractivity contribution is 5.17. The molecule has 0 aliphatic carbocycles. The Morgan fingerprint density at radius 3 is 3.19 bits per heavy atom. The standard InChI is InChI=1S/C13H22N2O/c1-3-12-5-4-7-15(12)10-13-11(9-14-2)6-8-16-13/h6,8,12,14H,3-5,7,9-10H2,1-2H3. The van der Waals surface area contributed by atoms with Crippen molar-refractivity contribution in [2.45, 2.75) is 45.3 Å². The summed E-state index contributed by atoms with van der Waals surface area (Å²) in [4.78, 5) is 2.55. The molecule has 1 N–H and O–H groups in total. The van der Waals surface area contributed by atoms with Gasteiger partial charge in [0.15, 0.2) is 0 Å². The highest BCUT2D eigenvalue weighted by Crippen LogP contribution is 2.23. The van der Waals surface area contributed by atoms with Crippen LogP contribution in [0.15, 0.2) is 16.7 Å². The maximum atomic E-state index is 5.59. The first kappa shape index (κ1) is 11.7. The van der Waals surface area contributed by atoms with Crippen LogP contribution in [-0.4, -0.2) is 24.5 Å². The Bertz CT molecular complexity index is 321. The second kappa shape index (κ2) is 5.51. The summed E-state index contributed by atoms with van der Waals surface area (Å²) in [6.45, 7) is 5.37. The van der Waals surface area contributed by atoms with Crippen LogP contribution < -0.4 is 5.32 Å². The van der Waals surface area contributed by atoms with Crippen LogP contribution in [0.3, 0.4) is 0 Å². The zero-order chi connectivity index (χ0) is 11.4. The van der Waals surface area contributed by atoms with Gasteiger partial charge in [0, 0.05) is 18.2 Å². The van der Waals surface area contributed by atoms with Gasteiger partial charge in [0.1, 0.15) is 5.76 Å². The summed E-state index contributed by atoms with van der Waals surface area (Å²) in [5.74, 6) is 1.13. The van der Waals surface area contributed by atoms with Gasteiger partial charge in [0.2, 0.25) is 0 Å². The lowest BCUT2D eigenvalue weighted by molar-refractivity contribution is 0.220. The predicted molar refractivity (Wildman–Crippen MR) is 65.2 cm³/mol. The number of hydrogen-bond donors (Lipinski definition) is 1. The van der Waals surface area contributed by atoms with E-state index in [-0.39, 0.29) is 0 Å². The van der Waals surface area contributed by atoms with Gasteiger partial charge >= 0.3 is 0 Å². The van der Waals surface area contributed by atoms with Crippen molar-refractivity contribution in [3.63, 3.8) is 0 Å². The van der Waals surface area contributed by atoms with E-state index in [4.69, 9.17) is 4.42 Å². The summed E-state index contributed by atoms with van der Waals surface area (Å²) in [7, 11) is 1.97. The fraction of sp³-hybridized carbons (Fsp3) is 0.692. The first-order valence-electron chi connectivity index (χ1n) is 6.29. The summed E-state index contributed by atoms with van der Waals surface area (Å²) in [6, 6.07) is 2.83. The summed E-state index contributed by atoms with van der Waals surface area (Å²) in [5.41, 5.74) is 1.30. The Balaban J connectivity index is 1.99. The largest absolute Gasteiger partial charge is 0.468 e. The van der Waals surface area contributed by atoms with E-state index in [1.54, 1.807) is 6.26 Å². The molecule has 90 valence electrons. The molecular formula is C13H22N2O. The molecule has 0 bridgehead atoms. The molecule has 0 spiro atoms. The van der Waals surface area contributed by atoms with Crippen LogP contribution in [0.1, 0.15) is 37.5 Å². The third-order valence-corrected chi connectivity index (χ3v) is 3.52. The summed E-state index contributed by atoms with van der Waals surface area (Å²) in [6.07, 6.45) is 5.74. The fourth-order valence-electron chi connectivity index (χ4n) is 2.60. The van der Waals surface area contributed by atoms with Gasteiger partial charge in [-0.2, -0.15) is 0 Å². The Morgan fingerprint density at radius 2 is 2.44 bits per heavy atom. The van der Waals surface area contributed by atoms with Gasteiger partial charge < -0.3 is 9.73 Å². The van der Waals surface area contributed by atoms with Crippen molar-refractivity contribution in [3.05, 3.63) is 23.7 Å². The summed E-state index contributed by atoms with van der Waals surface area (Å²) < 4.78 is 5.59. The van der Waals surface area contributed by atoms with Crippen LogP contribution in [0.25, 0.3) is 0 Å². The molecule has 1 aromatic rings. The first-order chi connectivity index (χ1) is 7.85. The van der Waals surface area contributed by atoms with Crippen molar-refractivity contribution in [2.24, 2.45) is 0 Å². The SMILES string of the molecule is CCC1CCCN1Cc1occc1CNC. The topological polar surface area (TPSA) is 28.4 Å². The van der Waals surface area contributed by atoms with Gasteiger partial charge in [-0.15, -0.1) is 0 Å². The summed E-state index contributed by atoms with van der Waals surface area (Å²) in [5, 5.41) is 3.18. The lowest BCUT2D eigenvalue weighted by Crippen LogP contribution is -2.28. The zero-order valence-electron chi connectivity index (χ0n) is 10.3. The van der Waals surface area contributed by atoms with Gasteiger partial charge in [-0.1, -0.05) is 6.92 Å². The molecule has 1 unspecified atom stereocenters. The van der Waals surface area contributed by atoms with E-state index in [9.17, 15) is 0 Å². The Labute approximate surface area is 97.8 Å². The van der Waals surface area contributed by atoms with Crippen molar-refractivity contribution < 1.29 is 4.42 Å². The predicted octanol–water partition coefficient (Wildman–Crippen LogP) is 2.37. The zero-order valence-corrected chi connectivity index (χ0v) is 10.3. The molecule has 0 aromatic carbocycles. The quantitative estimate of drug-likeness (QED) is 0.829. The second-order valence-corrected chi connectivity index (χ2v) is 4.57. The fourth-order valence-corrected chi connectivity index (χ4v) is 2.60. The number of hydrogen-bond acceptors (Lipinski definition) is 3. The van der Waals surface area contributed by atoms with Gasteiger partial charge in [-0.3, -0.25) is 4.90 Å². The average molecular weight is 222 g/mol. The highest BCUT2D eigenvalue weighted by Gasteiger charge is 2.24. The van der Waals surface area contributed by atoms with Crippen LogP contribution in [0.2, 0.25) is 0 Å². The van der Waals surface area contributed by atoms with Gasteiger partial charge in [0.05, 0.1) is 12.8 Å². The smallest absolute Gasteiger partial charge is 0.122 e. The van der Waals surface area contributed by atoms with E-state index in [2.05, 4.69) is 23.2 Å². The molecule has 3 nitrogen and oxygen atoms in total. The maximum Gasteiger partial charge on any atom is 0.122 e. The maximum absolute atomic E-state index is 5.59. The third kappa shape index (κ3) is 2.47. The minimum Gasteiger partial charge on any atom is -0.468 e. The van der Waals surface area contributed by atoms with Crippen LogP contribution in [0, 0.1) is 0 Å². The van der Waals surface area contributed by atoms with Crippen LogP contribution in [0.4, 0.5) is 0 Å². The minimum atomic E-state index is 0.757. The molecule has 1 aromatic heterocycles. The van der Waals surface area contributed by atoms with Crippen molar-refractivity contribution in [1.82, 2.24) is 10.2 Å². The lowest BCUT2D eigenvalue weighted by atomic mass is 10.1. The monoisotopic (exact) mass is 222 g/mol. The first-order valence-corrected chi connectivity index (χ1v) is 6.29. The molecule has 0 radical (unpaired) electrons. The van der Waals surface area contributed by atoms with E-state index in [1.165, 1.54) is 31.4 Å². The molecule has 1 atom stereocenters. The van der Waals surface area contributed by atoms with Crippen LogP contribution >= 0.6 is 0 Å². The van der Waals surface area contributed by atoms with Crippen molar-refractivity contribution in [1.29, 1.82) is 0 Å². The van der Waals surface area contributed by atoms with E-state index in [0.29, 0.717) is 0 Å². The Morgan fingerprint density at radius 1 is 1.56 bits per heavy atom. The second-order valence-electron chi connectivity index (χ2n) is 4.57. The van der Waals surface area contributed by atoms with E-state index in [1.807, 2.05) is 7.05 Å². The number of nitrogens with zero attached hydrogens (tertiary/aromatic N) is 1. The summed E-state index contributed by atoms with van der Waals surface area (Å²) >= 11 is 0. The van der Waals surface area contributed by atoms with E-state index >= 15 is 0 Å². The Hall–Kier alpha value is -0.800. The lowest BCUT2D eigenvalue weighted by Gasteiger charge is -2.22. The molecule has 3 heteroatoms. The number of nitrogens with one attached hydrogen (secondary N) is 1. The van der Waals surface area contributed by atoms with Crippen LogP contribution in [0.5, 0.6) is 0 Å². The molecular weight excluding hydrogens is 200 g/mol. The number of furan rings is 1. The van der Waals surface area contributed by atoms with Crippen molar-refractivity contribution in [2.75, 3.05) is 13.6 Å². The number of rotatable bonds is 5. The molecule has 2 rings (SSSR count). The molecule has 2 heterocycles. The molecule has 1 saturated heterocycles. The van der Waals surface area contributed by atoms with Crippen molar-refractivity contribution in [3.8, 4) is 0 Å². The van der Waals surface area contributed by atoms with Crippen molar-refractivity contribution >= 4 is 0 Å². The van der Waals surface area contributed by atoms with Gasteiger partial charge in [0.25, 0.3) is 0 Å². The molecule has 0 saturated carbocycles. The molecule has 1 aliphatic heterocycles. The molecule has 1 fully saturated rings.